The lowest BCUT2D eigenvalue weighted by Gasteiger charge is -2.12. The number of thiophene rings is 1. The molecule has 2 aromatic rings. The van der Waals surface area contributed by atoms with Gasteiger partial charge in [0.25, 0.3) is 10.0 Å². The van der Waals surface area contributed by atoms with Crippen LogP contribution in [0.3, 0.4) is 0 Å². The van der Waals surface area contributed by atoms with Gasteiger partial charge in [0.2, 0.25) is 0 Å². The molecule has 0 unspecified atom stereocenters. The van der Waals surface area contributed by atoms with Crippen molar-refractivity contribution in [1.82, 2.24) is 0 Å². The average Bonchev–Trinajstić information content (AvgIpc) is 2.83. The lowest BCUT2D eigenvalue weighted by atomic mass is 10.2. The van der Waals surface area contributed by atoms with Gasteiger partial charge in [-0.3, -0.25) is 4.72 Å². The topological polar surface area (TPSA) is 72.5 Å². The van der Waals surface area contributed by atoms with Gasteiger partial charge in [-0.15, -0.1) is 11.3 Å². The van der Waals surface area contributed by atoms with Crippen LogP contribution in [0.25, 0.3) is 0 Å². The lowest BCUT2D eigenvalue weighted by molar-refractivity contribution is 0.0601. The van der Waals surface area contributed by atoms with E-state index in [0.29, 0.717) is 21.7 Å². The molecular formula is C14H14BrNO4S2. The minimum Gasteiger partial charge on any atom is -0.465 e. The van der Waals surface area contributed by atoms with Gasteiger partial charge >= 0.3 is 5.97 Å². The molecule has 0 aliphatic heterocycles. The molecule has 0 fully saturated rings. The zero-order valence-corrected chi connectivity index (χ0v) is 15.4. The number of ether oxygens (including phenoxy) is 1. The first-order valence-electron chi connectivity index (χ1n) is 6.21. The first-order chi connectivity index (χ1) is 10.2. The van der Waals surface area contributed by atoms with Crippen LogP contribution in [-0.2, 0) is 14.8 Å². The number of carbonyl (C=O) groups excluding carboxylic acids is 1. The minimum atomic E-state index is -3.72. The van der Waals surface area contributed by atoms with Crippen LogP contribution in [0.1, 0.15) is 21.5 Å². The summed E-state index contributed by atoms with van der Waals surface area (Å²) in [6.45, 7) is 3.47. The van der Waals surface area contributed by atoms with E-state index in [4.69, 9.17) is 0 Å². The lowest BCUT2D eigenvalue weighted by Crippen LogP contribution is -2.15. The Bertz CT molecular complexity index is 804. The summed E-state index contributed by atoms with van der Waals surface area (Å²) in [5.41, 5.74) is 1.60. The fourth-order valence-corrected chi connectivity index (χ4v) is 5.33. The van der Waals surface area contributed by atoms with E-state index in [1.165, 1.54) is 13.2 Å². The third-order valence-corrected chi connectivity index (χ3v) is 6.05. The molecule has 0 aliphatic rings. The number of carbonyl (C=O) groups is 1. The van der Waals surface area contributed by atoms with Crippen LogP contribution in [0.4, 0.5) is 5.00 Å². The molecule has 1 aromatic heterocycles. The van der Waals surface area contributed by atoms with E-state index in [1.54, 1.807) is 31.4 Å². The number of benzene rings is 1. The number of hydrogen-bond donors (Lipinski definition) is 1. The molecule has 0 saturated carbocycles. The first kappa shape index (κ1) is 17.0. The van der Waals surface area contributed by atoms with Crippen LogP contribution in [0.15, 0.2) is 32.9 Å². The van der Waals surface area contributed by atoms with E-state index in [0.717, 1.165) is 15.8 Å². The number of rotatable bonds is 4. The number of esters is 1. The number of nitrogens with one attached hydrogen (secondary N) is 1. The van der Waals surface area contributed by atoms with Gasteiger partial charge in [0.05, 0.1) is 17.6 Å². The molecule has 0 radical (unpaired) electrons. The number of methoxy groups -OCH3 is 1. The fourth-order valence-electron chi connectivity index (χ4n) is 2.12. The third-order valence-electron chi connectivity index (χ3n) is 2.95. The maximum absolute atomic E-state index is 12.6. The summed E-state index contributed by atoms with van der Waals surface area (Å²) in [5.74, 6) is -0.502. The second kappa shape index (κ2) is 6.39. The van der Waals surface area contributed by atoms with Gasteiger partial charge < -0.3 is 4.74 Å². The van der Waals surface area contributed by atoms with Crippen LogP contribution in [0.2, 0.25) is 0 Å². The summed E-state index contributed by atoms with van der Waals surface area (Å²) in [6.07, 6.45) is 0. The number of sulfonamides is 1. The molecule has 0 aliphatic carbocycles. The van der Waals surface area contributed by atoms with E-state index in [-0.39, 0.29) is 4.90 Å². The Labute approximate surface area is 141 Å². The van der Waals surface area contributed by atoms with Crippen LogP contribution in [-0.4, -0.2) is 21.5 Å². The summed E-state index contributed by atoms with van der Waals surface area (Å²) < 4.78 is 33.1. The zero-order valence-electron chi connectivity index (χ0n) is 12.1. The predicted molar refractivity (Wildman–Crippen MR) is 90.1 cm³/mol. The van der Waals surface area contributed by atoms with Gasteiger partial charge in [-0.05, 0) is 43.2 Å². The van der Waals surface area contributed by atoms with Gasteiger partial charge in [0.1, 0.15) is 5.00 Å². The Morgan fingerprint density at radius 2 is 1.82 bits per heavy atom. The number of aryl methyl sites for hydroxylation is 2. The van der Waals surface area contributed by atoms with Gasteiger partial charge in [0.15, 0.2) is 0 Å². The van der Waals surface area contributed by atoms with Crippen molar-refractivity contribution in [3.63, 3.8) is 0 Å². The smallest absolute Gasteiger partial charge is 0.338 e. The van der Waals surface area contributed by atoms with Gasteiger partial charge in [-0.2, -0.15) is 0 Å². The molecule has 5 nitrogen and oxygen atoms in total. The van der Waals surface area contributed by atoms with E-state index < -0.39 is 16.0 Å². The molecule has 0 spiro atoms. The van der Waals surface area contributed by atoms with E-state index in [1.807, 2.05) is 0 Å². The summed E-state index contributed by atoms with van der Waals surface area (Å²) in [6, 6.07) is 4.95. The minimum absolute atomic E-state index is 0.240. The summed E-state index contributed by atoms with van der Waals surface area (Å²) in [5, 5.41) is 1.91. The van der Waals surface area contributed by atoms with Gasteiger partial charge in [-0.1, -0.05) is 15.9 Å². The molecule has 118 valence electrons. The highest BCUT2D eigenvalue weighted by Gasteiger charge is 2.21. The second-order valence-corrected chi connectivity index (χ2v) is 8.11. The monoisotopic (exact) mass is 403 g/mol. The highest BCUT2D eigenvalue weighted by molar-refractivity contribution is 9.10. The molecule has 8 heteroatoms. The summed E-state index contributed by atoms with van der Waals surface area (Å²) >= 11 is 4.47. The third kappa shape index (κ3) is 3.50. The fraction of sp³-hybridized carbons (Fsp3) is 0.214. The predicted octanol–water partition coefficient (Wildman–Crippen LogP) is 3.71. The van der Waals surface area contributed by atoms with Crippen molar-refractivity contribution in [2.45, 2.75) is 18.7 Å². The molecule has 0 bridgehead atoms. The Morgan fingerprint density at radius 1 is 1.23 bits per heavy atom. The average molecular weight is 404 g/mol. The molecule has 0 atom stereocenters. The Balaban J connectivity index is 2.36. The molecule has 1 N–H and O–H groups in total. The van der Waals surface area contributed by atoms with Crippen molar-refractivity contribution in [3.05, 3.63) is 44.7 Å². The Hall–Kier alpha value is -1.38. The Morgan fingerprint density at radius 3 is 2.36 bits per heavy atom. The van der Waals surface area contributed by atoms with Gasteiger partial charge in [-0.25, -0.2) is 13.2 Å². The van der Waals surface area contributed by atoms with Crippen LogP contribution >= 0.6 is 27.3 Å². The van der Waals surface area contributed by atoms with E-state index >= 15 is 0 Å². The highest BCUT2D eigenvalue weighted by atomic mass is 79.9. The molecular weight excluding hydrogens is 390 g/mol. The standard InChI is InChI=1S/C14H14BrNO4S2/c1-8-4-11(15)5-9(2)13(8)22(18,19)16-12-6-10(7-21-12)14(17)20-3/h4-7,16H,1-3H3. The Kier molecular flexibility index (Phi) is 4.93. The van der Waals surface area contributed by atoms with Crippen molar-refractivity contribution < 1.29 is 17.9 Å². The van der Waals surface area contributed by atoms with E-state index in [9.17, 15) is 13.2 Å². The maximum atomic E-state index is 12.6. The maximum Gasteiger partial charge on any atom is 0.338 e. The van der Waals surface area contributed by atoms with Crippen molar-refractivity contribution in [1.29, 1.82) is 0 Å². The molecule has 2 rings (SSSR count). The number of anilines is 1. The van der Waals surface area contributed by atoms with Crippen LogP contribution < -0.4 is 4.72 Å². The molecule has 22 heavy (non-hydrogen) atoms. The van der Waals surface area contributed by atoms with Crippen molar-refractivity contribution >= 4 is 48.3 Å². The first-order valence-corrected chi connectivity index (χ1v) is 9.36. The number of hydrogen-bond acceptors (Lipinski definition) is 5. The van der Waals surface area contributed by atoms with Crippen molar-refractivity contribution in [2.75, 3.05) is 11.8 Å². The van der Waals surface area contributed by atoms with Crippen molar-refractivity contribution in [3.8, 4) is 0 Å². The van der Waals surface area contributed by atoms with E-state index in [2.05, 4.69) is 25.4 Å². The largest absolute Gasteiger partial charge is 0.465 e. The quantitative estimate of drug-likeness (QED) is 0.789. The zero-order chi connectivity index (χ0) is 16.5. The normalized spacial score (nSPS) is 11.3. The summed E-state index contributed by atoms with van der Waals surface area (Å²) in [7, 11) is -2.45. The molecule has 0 amide bonds. The van der Waals surface area contributed by atoms with Crippen molar-refractivity contribution in [2.24, 2.45) is 0 Å². The van der Waals surface area contributed by atoms with Gasteiger partial charge in [0, 0.05) is 9.85 Å². The number of halogens is 1. The molecule has 1 heterocycles. The van der Waals surface area contributed by atoms with Crippen LogP contribution in [0.5, 0.6) is 0 Å². The summed E-state index contributed by atoms with van der Waals surface area (Å²) in [4.78, 5) is 11.6. The molecule has 1 aromatic carbocycles. The molecule has 0 saturated heterocycles. The second-order valence-electron chi connectivity index (χ2n) is 4.67. The SMILES string of the molecule is COC(=O)c1csc(NS(=O)(=O)c2c(C)cc(Br)cc2C)c1. The highest BCUT2D eigenvalue weighted by Crippen LogP contribution is 2.29. The van der Waals surface area contributed by atoms with Crippen LogP contribution in [0, 0.1) is 13.8 Å².